The van der Waals surface area contributed by atoms with Gasteiger partial charge in [-0.1, -0.05) is 0 Å². The summed E-state index contributed by atoms with van der Waals surface area (Å²) in [5.41, 5.74) is 0.675. The van der Waals surface area contributed by atoms with Crippen LogP contribution >= 0.6 is 0 Å². The van der Waals surface area contributed by atoms with Crippen molar-refractivity contribution in [1.82, 2.24) is 9.97 Å². The Labute approximate surface area is 195 Å². The molecule has 2 heterocycles. The molecule has 11 heteroatoms. The highest BCUT2D eigenvalue weighted by Crippen LogP contribution is 2.34. The van der Waals surface area contributed by atoms with Crippen molar-refractivity contribution in [2.75, 3.05) is 25.8 Å². The van der Waals surface area contributed by atoms with E-state index in [0.717, 1.165) is 6.26 Å². The van der Waals surface area contributed by atoms with Gasteiger partial charge in [-0.2, -0.15) is 0 Å². The number of methoxy groups -OCH3 is 2. The van der Waals surface area contributed by atoms with Crippen molar-refractivity contribution >= 4 is 32.5 Å². The summed E-state index contributed by atoms with van der Waals surface area (Å²) in [6.07, 6.45) is 3.89. The van der Waals surface area contributed by atoms with Crippen molar-refractivity contribution in [2.24, 2.45) is 0 Å². The average Bonchev–Trinajstić information content (AvgIpc) is 3.22. The normalized spacial score (nSPS) is 11.4. The number of carbonyl (C=O) groups excluding carboxylic acids is 1. The van der Waals surface area contributed by atoms with Gasteiger partial charge in [0, 0.05) is 18.9 Å². The van der Waals surface area contributed by atoms with Gasteiger partial charge in [0.15, 0.2) is 15.7 Å². The van der Waals surface area contributed by atoms with Gasteiger partial charge in [0.1, 0.15) is 29.4 Å². The highest BCUT2D eigenvalue weighted by molar-refractivity contribution is 7.90. The van der Waals surface area contributed by atoms with E-state index in [1.807, 2.05) is 0 Å². The Kier molecular flexibility index (Phi) is 6.48. The predicted molar refractivity (Wildman–Crippen MR) is 123 cm³/mol. The molecule has 2 aromatic carbocycles. The van der Waals surface area contributed by atoms with E-state index in [1.165, 1.54) is 43.8 Å². The zero-order valence-corrected chi connectivity index (χ0v) is 19.4. The lowest BCUT2D eigenvalue weighted by atomic mass is 10.1. The fraction of sp³-hybridized carbons (Fsp3) is 0.174. The summed E-state index contributed by atoms with van der Waals surface area (Å²) in [4.78, 5) is 21.2. The van der Waals surface area contributed by atoms with Crippen LogP contribution in [0.1, 0.15) is 16.1 Å². The fourth-order valence-electron chi connectivity index (χ4n) is 3.14. The van der Waals surface area contributed by atoms with Crippen LogP contribution in [0.5, 0.6) is 17.4 Å². The number of nitrogens with zero attached hydrogens (tertiary/aromatic N) is 2. The average molecular weight is 484 g/mol. The topological polar surface area (TPSA) is 130 Å². The number of nitrogens with one attached hydrogen (secondary N) is 1. The van der Waals surface area contributed by atoms with Crippen LogP contribution in [0, 0.1) is 0 Å². The molecule has 0 aliphatic heterocycles. The molecule has 1 amide bonds. The third-order valence-corrected chi connectivity index (χ3v) is 5.89. The second-order valence-corrected chi connectivity index (χ2v) is 9.29. The van der Waals surface area contributed by atoms with Crippen molar-refractivity contribution in [3.05, 3.63) is 66.2 Å². The highest BCUT2D eigenvalue weighted by atomic mass is 32.2. The molecule has 1 N–H and O–H groups in total. The minimum atomic E-state index is -3.34. The fourth-order valence-corrected chi connectivity index (χ4v) is 3.78. The van der Waals surface area contributed by atoms with Crippen LogP contribution in [0.15, 0.2) is 64.2 Å². The zero-order valence-electron chi connectivity index (χ0n) is 18.6. The van der Waals surface area contributed by atoms with Gasteiger partial charge in [-0.25, -0.2) is 18.4 Å². The number of carbonyl (C=O) groups is 1. The van der Waals surface area contributed by atoms with E-state index in [9.17, 15) is 13.2 Å². The number of hydrogen-bond acceptors (Lipinski definition) is 9. The quantitative estimate of drug-likeness (QED) is 0.397. The summed E-state index contributed by atoms with van der Waals surface area (Å²) >= 11 is 0. The van der Waals surface area contributed by atoms with Crippen molar-refractivity contribution < 1.29 is 31.8 Å². The maximum Gasteiger partial charge on any atom is 0.257 e. The molecule has 4 aromatic rings. The van der Waals surface area contributed by atoms with E-state index in [2.05, 4.69) is 15.3 Å². The van der Waals surface area contributed by atoms with Gasteiger partial charge in [0.05, 0.1) is 29.8 Å². The van der Waals surface area contributed by atoms with Crippen molar-refractivity contribution in [3.63, 3.8) is 0 Å². The smallest absolute Gasteiger partial charge is 0.257 e. The molecule has 0 bridgehead atoms. The summed E-state index contributed by atoms with van der Waals surface area (Å²) in [5.74, 6) is 1.39. The number of rotatable bonds is 8. The van der Waals surface area contributed by atoms with E-state index in [-0.39, 0.29) is 22.9 Å². The lowest BCUT2D eigenvalue weighted by molar-refractivity contribution is 0.102. The first-order valence-corrected chi connectivity index (χ1v) is 11.9. The second-order valence-electron chi connectivity index (χ2n) is 7.28. The van der Waals surface area contributed by atoms with Gasteiger partial charge in [-0.05, 0) is 42.5 Å². The molecule has 0 saturated carbocycles. The molecular formula is C23H21N3O7S. The minimum Gasteiger partial charge on any atom is -0.480 e. The molecule has 2 aromatic heterocycles. The van der Waals surface area contributed by atoms with Crippen LogP contribution in [-0.2, 0) is 21.2 Å². The van der Waals surface area contributed by atoms with Gasteiger partial charge in [-0.3, -0.25) is 4.79 Å². The van der Waals surface area contributed by atoms with Crippen LogP contribution in [-0.4, -0.2) is 44.8 Å². The third-order valence-electron chi connectivity index (χ3n) is 4.76. The number of anilines is 1. The zero-order chi connectivity index (χ0) is 24.3. The van der Waals surface area contributed by atoms with Gasteiger partial charge in [-0.15, -0.1) is 0 Å². The molecule has 0 aliphatic carbocycles. The lowest BCUT2D eigenvalue weighted by Crippen LogP contribution is -2.13. The number of hydrogen-bond donors (Lipinski definition) is 1. The van der Waals surface area contributed by atoms with Crippen LogP contribution in [0.25, 0.3) is 11.0 Å². The third kappa shape index (κ3) is 5.16. The molecule has 0 spiro atoms. The van der Waals surface area contributed by atoms with Crippen LogP contribution < -0.4 is 14.8 Å². The molecule has 4 rings (SSSR count). The number of fused-ring (bicyclic) bond motifs is 1. The molecule has 0 aliphatic rings. The Morgan fingerprint density at radius 3 is 2.44 bits per heavy atom. The Morgan fingerprint density at radius 2 is 1.82 bits per heavy atom. The number of furan rings is 1. The lowest BCUT2D eigenvalue weighted by Gasteiger charge is -2.10. The van der Waals surface area contributed by atoms with Gasteiger partial charge in [0.2, 0.25) is 5.88 Å². The summed E-state index contributed by atoms with van der Waals surface area (Å²) in [5, 5.41) is 3.29. The second kappa shape index (κ2) is 9.49. The maximum atomic E-state index is 12.9. The Bertz CT molecular complexity index is 1430. The Balaban J connectivity index is 1.68. The van der Waals surface area contributed by atoms with Gasteiger partial charge in [0.25, 0.3) is 5.91 Å². The summed E-state index contributed by atoms with van der Waals surface area (Å²) in [6, 6.07) is 10.9. The molecule has 176 valence electrons. The predicted octanol–water partition coefficient (Wildman–Crippen LogP) is 3.83. The maximum absolute atomic E-state index is 12.9. The van der Waals surface area contributed by atoms with Crippen LogP contribution in [0.3, 0.4) is 0 Å². The summed E-state index contributed by atoms with van der Waals surface area (Å²) in [6.45, 7) is 0.236. The summed E-state index contributed by atoms with van der Waals surface area (Å²) < 4.78 is 45.4. The number of amides is 1. The van der Waals surface area contributed by atoms with Gasteiger partial charge < -0.3 is 23.9 Å². The molecule has 0 atom stereocenters. The van der Waals surface area contributed by atoms with Crippen molar-refractivity contribution in [1.29, 1.82) is 0 Å². The standard InChI is InChI=1S/C23H21N3O7S/c1-30-13-16-10-18-19(32-15-4-6-17(7-5-15)34(3,28)29)8-14(9-20(18)33-16)23(27)26-21-11-25-22(31-2)12-24-21/h4-12H,13H2,1-3H3,(H,24,26,27). The molecule has 0 saturated heterocycles. The SMILES string of the molecule is COCc1cc2c(Oc3ccc(S(C)(=O)=O)cc3)cc(C(=O)Nc3cnc(OC)cn3)cc2o1. The van der Waals surface area contributed by atoms with E-state index in [1.54, 1.807) is 25.3 Å². The van der Waals surface area contributed by atoms with E-state index >= 15 is 0 Å². The van der Waals surface area contributed by atoms with E-state index in [4.69, 9.17) is 18.6 Å². The first-order chi connectivity index (χ1) is 16.3. The highest BCUT2D eigenvalue weighted by Gasteiger charge is 2.17. The number of benzene rings is 2. The van der Waals surface area contributed by atoms with Crippen molar-refractivity contribution in [3.8, 4) is 17.4 Å². The van der Waals surface area contributed by atoms with E-state index in [0.29, 0.717) is 34.1 Å². The number of ether oxygens (including phenoxy) is 3. The number of sulfone groups is 1. The van der Waals surface area contributed by atoms with Crippen molar-refractivity contribution in [2.45, 2.75) is 11.5 Å². The van der Waals surface area contributed by atoms with E-state index < -0.39 is 15.7 Å². The molecule has 0 fully saturated rings. The Hall–Kier alpha value is -3.96. The molecule has 0 unspecified atom stereocenters. The Morgan fingerprint density at radius 1 is 1.06 bits per heavy atom. The molecular weight excluding hydrogens is 462 g/mol. The molecule has 34 heavy (non-hydrogen) atoms. The van der Waals surface area contributed by atoms with Crippen LogP contribution in [0.2, 0.25) is 0 Å². The van der Waals surface area contributed by atoms with Crippen LogP contribution in [0.4, 0.5) is 5.82 Å². The number of aromatic nitrogens is 2. The monoisotopic (exact) mass is 483 g/mol. The van der Waals surface area contributed by atoms with Gasteiger partial charge >= 0.3 is 0 Å². The first-order valence-electron chi connectivity index (χ1n) is 9.97. The minimum absolute atomic E-state index is 0.171. The summed E-state index contributed by atoms with van der Waals surface area (Å²) in [7, 11) is -0.327. The molecule has 10 nitrogen and oxygen atoms in total. The first kappa shape index (κ1) is 23.2. The molecule has 0 radical (unpaired) electrons. The largest absolute Gasteiger partial charge is 0.480 e.